The zero-order valence-electron chi connectivity index (χ0n) is 12.4. The number of ether oxygens (including phenoxy) is 1. The third-order valence-electron chi connectivity index (χ3n) is 3.59. The van der Waals surface area contributed by atoms with Crippen molar-refractivity contribution in [1.82, 2.24) is 0 Å². The highest BCUT2D eigenvalue weighted by atomic mass is 32.1. The van der Waals surface area contributed by atoms with Gasteiger partial charge in [0.2, 0.25) is 0 Å². The number of hydrogen-bond donors (Lipinski definition) is 0. The van der Waals surface area contributed by atoms with E-state index in [1.807, 2.05) is 22.8 Å². The third kappa shape index (κ3) is 2.55. The standard InChI is InChI=1S/C17H12O2S4/c1-9-3-5-20-15(9)13-7-11-12(22-13)8-14(23-11)16-10(4-6-21-16)17(18)19-2/h3-8H,1-2H3. The summed E-state index contributed by atoms with van der Waals surface area (Å²) in [6.45, 7) is 2.15. The lowest BCUT2D eigenvalue weighted by molar-refractivity contribution is 0.0602. The second kappa shape index (κ2) is 5.87. The van der Waals surface area contributed by atoms with Crippen LogP contribution in [0, 0.1) is 6.92 Å². The zero-order valence-corrected chi connectivity index (χ0v) is 15.7. The summed E-state index contributed by atoms with van der Waals surface area (Å²) in [5.41, 5.74) is 1.98. The summed E-state index contributed by atoms with van der Waals surface area (Å²) in [5.74, 6) is -0.270. The summed E-state index contributed by atoms with van der Waals surface area (Å²) in [4.78, 5) is 16.7. The Labute approximate surface area is 149 Å². The Bertz CT molecular complexity index is 967. The molecule has 0 fully saturated rings. The number of methoxy groups -OCH3 is 1. The van der Waals surface area contributed by atoms with Crippen LogP contribution < -0.4 is 0 Å². The van der Waals surface area contributed by atoms with E-state index in [1.165, 1.54) is 31.8 Å². The minimum atomic E-state index is -0.270. The first kappa shape index (κ1) is 15.1. The van der Waals surface area contributed by atoms with Gasteiger partial charge in [0, 0.05) is 24.0 Å². The Morgan fingerprint density at radius 3 is 2.17 bits per heavy atom. The molecule has 0 N–H and O–H groups in total. The summed E-state index contributed by atoms with van der Waals surface area (Å²) >= 11 is 6.93. The first-order chi connectivity index (χ1) is 11.2. The Kier molecular flexibility index (Phi) is 3.85. The summed E-state index contributed by atoms with van der Waals surface area (Å²) in [7, 11) is 1.42. The molecule has 4 heterocycles. The molecular weight excluding hydrogens is 364 g/mol. The smallest absolute Gasteiger partial charge is 0.339 e. The van der Waals surface area contributed by atoms with E-state index in [9.17, 15) is 4.79 Å². The van der Waals surface area contributed by atoms with Gasteiger partial charge >= 0.3 is 5.97 Å². The monoisotopic (exact) mass is 376 g/mol. The lowest BCUT2D eigenvalue weighted by Gasteiger charge is -1.99. The molecule has 4 aromatic heterocycles. The molecule has 116 valence electrons. The maximum Gasteiger partial charge on any atom is 0.339 e. The van der Waals surface area contributed by atoms with Gasteiger partial charge in [-0.15, -0.1) is 45.3 Å². The van der Waals surface area contributed by atoms with Gasteiger partial charge in [-0.3, -0.25) is 0 Å². The maximum absolute atomic E-state index is 11.9. The van der Waals surface area contributed by atoms with E-state index in [1.54, 1.807) is 34.0 Å². The molecule has 0 saturated carbocycles. The van der Waals surface area contributed by atoms with Gasteiger partial charge in [-0.25, -0.2) is 4.79 Å². The molecule has 6 heteroatoms. The van der Waals surface area contributed by atoms with E-state index >= 15 is 0 Å². The van der Waals surface area contributed by atoms with Crippen molar-refractivity contribution in [2.45, 2.75) is 6.92 Å². The van der Waals surface area contributed by atoms with E-state index in [-0.39, 0.29) is 5.97 Å². The zero-order chi connectivity index (χ0) is 16.0. The lowest BCUT2D eigenvalue weighted by atomic mass is 10.2. The van der Waals surface area contributed by atoms with E-state index in [4.69, 9.17) is 4.74 Å². The lowest BCUT2D eigenvalue weighted by Crippen LogP contribution is -2.00. The van der Waals surface area contributed by atoms with Crippen LogP contribution in [0.5, 0.6) is 0 Å². The third-order valence-corrected chi connectivity index (χ3v) is 8.17. The van der Waals surface area contributed by atoms with Crippen molar-refractivity contribution in [2.24, 2.45) is 0 Å². The molecule has 0 bridgehead atoms. The molecule has 0 aromatic carbocycles. The molecule has 23 heavy (non-hydrogen) atoms. The van der Waals surface area contributed by atoms with Crippen LogP contribution in [-0.4, -0.2) is 13.1 Å². The maximum atomic E-state index is 11.9. The molecule has 0 atom stereocenters. The van der Waals surface area contributed by atoms with Gasteiger partial charge in [-0.05, 0) is 47.5 Å². The fraction of sp³-hybridized carbons (Fsp3) is 0.118. The van der Waals surface area contributed by atoms with Crippen LogP contribution in [0.2, 0.25) is 0 Å². The first-order valence-electron chi connectivity index (χ1n) is 6.91. The van der Waals surface area contributed by atoms with E-state index in [0.29, 0.717) is 5.56 Å². The molecule has 0 radical (unpaired) electrons. The van der Waals surface area contributed by atoms with Gasteiger partial charge < -0.3 is 4.74 Å². The van der Waals surface area contributed by atoms with Crippen molar-refractivity contribution >= 4 is 60.7 Å². The number of hydrogen-bond acceptors (Lipinski definition) is 6. The van der Waals surface area contributed by atoms with Crippen molar-refractivity contribution in [3.8, 4) is 19.5 Å². The Hall–Kier alpha value is -1.47. The largest absolute Gasteiger partial charge is 0.465 e. The van der Waals surface area contributed by atoms with Crippen LogP contribution in [0.25, 0.3) is 28.9 Å². The average molecular weight is 377 g/mol. The quantitative estimate of drug-likeness (QED) is 0.381. The summed E-state index contributed by atoms with van der Waals surface area (Å²) in [6.07, 6.45) is 0. The minimum absolute atomic E-state index is 0.270. The number of esters is 1. The number of thiophene rings is 4. The molecule has 0 aliphatic heterocycles. The number of fused-ring (bicyclic) bond motifs is 1. The number of aryl methyl sites for hydroxylation is 1. The van der Waals surface area contributed by atoms with Crippen LogP contribution in [0.3, 0.4) is 0 Å². The van der Waals surface area contributed by atoms with Crippen molar-refractivity contribution in [3.05, 3.63) is 46.2 Å². The molecule has 0 saturated heterocycles. The van der Waals surface area contributed by atoms with Crippen LogP contribution in [0.1, 0.15) is 15.9 Å². The Balaban J connectivity index is 1.77. The van der Waals surface area contributed by atoms with Crippen molar-refractivity contribution in [2.75, 3.05) is 7.11 Å². The molecule has 0 aliphatic rings. The van der Waals surface area contributed by atoms with E-state index < -0.39 is 0 Å². The SMILES string of the molecule is COC(=O)c1ccsc1-c1cc2sc(-c3sccc3C)cc2s1. The molecule has 4 aromatic rings. The molecular formula is C17H12O2S4. The molecule has 0 aliphatic carbocycles. The van der Waals surface area contributed by atoms with Crippen LogP contribution in [-0.2, 0) is 4.74 Å². The van der Waals surface area contributed by atoms with Crippen LogP contribution in [0.4, 0.5) is 0 Å². The van der Waals surface area contributed by atoms with Gasteiger partial charge in [-0.1, -0.05) is 0 Å². The van der Waals surface area contributed by atoms with Gasteiger partial charge in [-0.2, -0.15) is 0 Å². The Morgan fingerprint density at radius 1 is 0.957 bits per heavy atom. The first-order valence-corrected chi connectivity index (χ1v) is 10.3. The van der Waals surface area contributed by atoms with Crippen molar-refractivity contribution < 1.29 is 9.53 Å². The van der Waals surface area contributed by atoms with Crippen molar-refractivity contribution in [3.63, 3.8) is 0 Å². The van der Waals surface area contributed by atoms with E-state index in [0.717, 1.165) is 9.75 Å². The normalized spacial score (nSPS) is 11.2. The average Bonchev–Trinajstić information content (AvgIpc) is 3.27. The van der Waals surface area contributed by atoms with Gasteiger partial charge in [0.25, 0.3) is 0 Å². The Morgan fingerprint density at radius 2 is 1.57 bits per heavy atom. The predicted octanol–water partition coefficient (Wildman–Crippen LogP) is 6.51. The fourth-order valence-electron chi connectivity index (χ4n) is 2.46. The van der Waals surface area contributed by atoms with Gasteiger partial charge in [0.1, 0.15) is 0 Å². The van der Waals surface area contributed by atoms with Gasteiger partial charge in [0.05, 0.1) is 17.6 Å². The van der Waals surface area contributed by atoms with E-state index in [2.05, 4.69) is 30.5 Å². The highest BCUT2D eigenvalue weighted by Crippen LogP contribution is 2.45. The molecule has 0 spiro atoms. The molecule has 2 nitrogen and oxygen atoms in total. The highest BCUT2D eigenvalue weighted by Gasteiger charge is 2.18. The summed E-state index contributed by atoms with van der Waals surface area (Å²) in [5, 5.41) is 4.08. The minimum Gasteiger partial charge on any atom is -0.465 e. The second-order valence-corrected chi connectivity index (χ2v) is 9.04. The van der Waals surface area contributed by atoms with Crippen molar-refractivity contribution in [1.29, 1.82) is 0 Å². The number of carbonyl (C=O) groups is 1. The highest BCUT2D eigenvalue weighted by molar-refractivity contribution is 7.33. The summed E-state index contributed by atoms with van der Waals surface area (Å²) in [6, 6.07) is 8.45. The number of rotatable bonds is 3. The molecule has 0 unspecified atom stereocenters. The topological polar surface area (TPSA) is 26.3 Å². The molecule has 4 rings (SSSR count). The van der Waals surface area contributed by atoms with Crippen LogP contribution in [0.15, 0.2) is 35.0 Å². The fourth-order valence-corrected chi connectivity index (χ4v) is 6.98. The van der Waals surface area contributed by atoms with Gasteiger partial charge in [0.15, 0.2) is 0 Å². The second-order valence-electron chi connectivity index (χ2n) is 5.04. The molecule has 0 amide bonds. The summed E-state index contributed by atoms with van der Waals surface area (Å²) < 4.78 is 7.42. The predicted molar refractivity (Wildman–Crippen MR) is 102 cm³/mol. The number of carbonyl (C=O) groups excluding carboxylic acids is 1. The van der Waals surface area contributed by atoms with Crippen LogP contribution >= 0.6 is 45.3 Å².